The fourth-order valence-electron chi connectivity index (χ4n) is 7.63. The Labute approximate surface area is 312 Å². The maximum atomic E-state index is 15.8. The van der Waals surface area contributed by atoms with Gasteiger partial charge in [0, 0.05) is 0 Å². The third kappa shape index (κ3) is 5.27. The molecule has 52 heavy (non-hydrogen) atoms. The molecule has 0 aliphatic carbocycles. The molecule has 0 saturated heterocycles. The number of fused-ring (bicyclic) bond motifs is 2. The maximum absolute atomic E-state index is 15.8. The van der Waals surface area contributed by atoms with Crippen LogP contribution in [0.4, 0.5) is 5.69 Å². The summed E-state index contributed by atoms with van der Waals surface area (Å²) in [6.07, 6.45) is -1.15. The SMILES string of the molecule is CC(C)OC(=O)C1=C(C(=O)OC(C)C)P(c2ccccc2)(c2ccccc2)(c2ccccc2)OC12C(=O)N(Cc1ccccc1)c1cc(Br)ccc12. The number of esters is 2. The summed E-state index contributed by atoms with van der Waals surface area (Å²) in [5.74, 6) is -2.10. The van der Waals surface area contributed by atoms with Crippen molar-refractivity contribution in [2.24, 2.45) is 0 Å². The van der Waals surface area contributed by atoms with Gasteiger partial charge in [0.1, 0.15) is 0 Å². The first kappa shape index (κ1) is 35.5. The zero-order chi connectivity index (χ0) is 36.7. The van der Waals surface area contributed by atoms with Gasteiger partial charge in [0.2, 0.25) is 0 Å². The third-order valence-electron chi connectivity index (χ3n) is 9.52. The Morgan fingerprint density at radius 2 is 1.15 bits per heavy atom. The second kappa shape index (κ2) is 13.6. The molecule has 2 aliphatic heterocycles. The summed E-state index contributed by atoms with van der Waals surface area (Å²) in [5, 5.41) is 1.86. The number of amides is 1. The van der Waals surface area contributed by atoms with Gasteiger partial charge in [-0.25, -0.2) is 0 Å². The van der Waals surface area contributed by atoms with E-state index in [0.717, 1.165) is 10.0 Å². The van der Waals surface area contributed by atoms with Crippen LogP contribution in [0.1, 0.15) is 38.8 Å². The van der Waals surface area contributed by atoms with E-state index in [0.29, 0.717) is 27.2 Å². The molecule has 2 heterocycles. The van der Waals surface area contributed by atoms with Crippen molar-refractivity contribution in [2.75, 3.05) is 4.90 Å². The van der Waals surface area contributed by atoms with Crippen molar-refractivity contribution in [3.05, 3.63) is 166 Å². The average Bonchev–Trinajstić information content (AvgIpc) is 3.57. The van der Waals surface area contributed by atoms with Crippen molar-refractivity contribution in [2.45, 2.75) is 52.0 Å². The van der Waals surface area contributed by atoms with Crippen molar-refractivity contribution in [1.29, 1.82) is 0 Å². The zero-order valence-electron chi connectivity index (χ0n) is 29.4. The van der Waals surface area contributed by atoms with Gasteiger partial charge in [-0.05, 0) is 0 Å². The summed E-state index contributed by atoms with van der Waals surface area (Å²) in [7, 11) is 0. The molecule has 7 rings (SSSR count). The number of benzene rings is 5. The fourth-order valence-corrected chi connectivity index (χ4v) is 14.2. The van der Waals surface area contributed by atoms with Crippen LogP contribution < -0.4 is 20.8 Å². The van der Waals surface area contributed by atoms with Crippen molar-refractivity contribution >= 4 is 62.2 Å². The summed E-state index contributed by atoms with van der Waals surface area (Å²) in [6.45, 7) is 2.24. The number of carbonyl (C=O) groups excluding carboxylic acids is 3. The van der Waals surface area contributed by atoms with Crippen LogP contribution in [-0.4, -0.2) is 30.1 Å². The number of nitrogens with zero attached hydrogens (tertiary/aromatic N) is 1. The number of rotatable bonds is 9. The Hall–Kier alpha value is -4.88. The Balaban J connectivity index is 1.72. The minimum absolute atomic E-state index is 0.0160. The Morgan fingerprint density at radius 1 is 0.692 bits per heavy atom. The predicted molar refractivity (Wildman–Crippen MR) is 209 cm³/mol. The van der Waals surface area contributed by atoms with Crippen LogP contribution in [0.25, 0.3) is 0 Å². The van der Waals surface area contributed by atoms with Gasteiger partial charge in [-0.15, -0.1) is 0 Å². The Bertz CT molecular complexity index is 2090. The first-order valence-electron chi connectivity index (χ1n) is 17.3. The van der Waals surface area contributed by atoms with E-state index in [1.54, 1.807) is 38.7 Å². The van der Waals surface area contributed by atoms with Gasteiger partial charge in [0.05, 0.1) is 0 Å². The predicted octanol–water partition coefficient (Wildman–Crippen LogP) is 7.82. The van der Waals surface area contributed by atoms with Gasteiger partial charge in [-0.3, -0.25) is 0 Å². The van der Waals surface area contributed by atoms with Crippen LogP contribution in [0.5, 0.6) is 0 Å². The second-order valence-corrected chi connectivity index (χ2v) is 18.7. The number of hydrogen-bond donors (Lipinski definition) is 0. The van der Waals surface area contributed by atoms with Crippen molar-refractivity contribution < 1.29 is 28.4 Å². The molecule has 2 aliphatic rings. The van der Waals surface area contributed by atoms with Crippen molar-refractivity contribution in [3.8, 4) is 0 Å². The molecule has 9 heteroatoms. The van der Waals surface area contributed by atoms with Crippen molar-refractivity contribution in [3.63, 3.8) is 0 Å². The molecule has 0 bridgehead atoms. The summed E-state index contributed by atoms with van der Waals surface area (Å²) in [5.41, 5.74) is -0.455. The van der Waals surface area contributed by atoms with E-state index >= 15 is 14.4 Å². The molecule has 0 fully saturated rings. The van der Waals surface area contributed by atoms with Crippen LogP contribution in [0.2, 0.25) is 0 Å². The van der Waals surface area contributed by atoms with Crippen LogP contribution in [0.15, 0.2) is 155 Å². The molecular formula is C43H39BrNO6P. The molecule has 1 atom stereocenters. The van der Waals surface area contributed by atoms with Gasteiger partial charge >= 0.3 is 314 Å². The summed E-state index contributed by atoms with van der Waals surface area (Å²) in [4.78, 5) is 47.9. The topological polar surface area (TPSA) is 82.1 Å². The summed E-state index contributed by atoms with van der Waals surface area (Å²) >= 11 is 3.63. The Kier molecular flexibility index (Phi) is 9.28. The molecule has 0 radical (unpaired) electrons. The number of ether oxygens (including phenoxy) is 2. The quantitative estimate of drug-likeness (QED) is 0.112. The molecule has 5 aromatic rings. The summed E-state index contributed by atoms with van der Waals surface area (Å²) < 4.78 is 20.9. The minimum atomic E-state index is -4.94. The van der Waals surface area contributed by atoms with Gasteiger partial charge < -0.3 is 0 Å². The molecule has 1 spiro atoms. The van der Waals surface area contributed by atoms with E-state index in [9.17, 15) is 0 Å². The average molecular weight is 777 g/mol. The third-order valence-corrected chi connectivity index (χ3v) is 15.8. The number of carbonyl (C=O) groups is 3. The zero-order valence-corrected chi connectivity index (χ0v) is 31.8. The number of halogens is 1. The summed E-state index contributed by atoms with van der Waals surface area (Å²) in [6, 6.07) is 43.5. The van der Waals surface area contributed by atoms with E-state index in [1.807, 2.05) is 133 Å². The van der Waals surface area contributed by atoms with E-state index in [1.165, 1.54) is 0 Å². The molecule has 7 nitrogen and oxygen atoms in total. The molecule has 0 saturated carbocycles. The van der Waals surface area contributed by atoms with E-state index in [2.05, 4.69) is 15.9 Å². The molecule has 1 amide bonds. The number of hydrogen-bond acceptors (Lipinski definition) is 6. The molecule has 264 valence electrons. The molecule has 0 N–H and O–H groups in total. The van der Waals surface area contributed by atoms with Crippen LogP contribution in [0, 0.1) is 0 Å². The number of anilines is 1. The first-order chi connectivity index (χ1) is 25.0. The van der Waals surface area contributed by atoms with Gasteiger partial charge in [-0.1, -0.05) is 0 Å². The normalized spacial score (nSPS) is 19.4. The molecule has 1 unspecified atom stereocenters. The first-order valence-corrected chi connectivity index (χ1v) is 20.2. The monoisotopic (exact) mass is 775 g/mol. The molecule has 5 aromatic carbocycles. The van der Waals surface area contributed by atoms with Crippen molar-refractivity contribution in [1.82, 2.24) is 0 Å². The van der Waals surface area contributed by atoms with Crippen LogP contribution in [0.3, 0.4) is 0 Å². The van der Waals surface area contributed by atoms with E-state index in [4.69, 9.17) is 14.0 Å². The van der Waals surface area contributed by atoms with E-state index in [-0.39, 0.29) is 17.4 Å². The second-order valence-electron chi connectivity index (χ2n) is 13.5. The van der Waals surface area contributed by atoms with Gasteiger partial charge in [-0.2, -0.15) is 0 Å². The van der Waals surface area contributed by atoms with Gasteiger partial charge in [0.15, 0.2) is 0 Å². The standard InChI is InChI=1S/C43H39BrNO6P/c1-29(2)49-40(46)38-39(41(47)50-30(3)4)52(33-19-11-6-12-20-33,34-21-13-7-14-22-34,35-23-15-8-16-24-35)51-43(38)36-26-25-32(44)27-37(36)45(42(43)48)28-31-17-9-5-10-18-31/h5-27,29-30H,28H2,1-4H3. The van der Waals surface area contributed by atoms with Crippen LogP contribution in [-0.2, 0) is 40.5 Å². The van der Waals surface area contributed by atoms with Crippen LogP contribution >= 0.6 is 22.8 Å². The fraction of sp³-hybridized carbons (Fsp3) is 0.186. The Morgan fingerprint density at radius 3 is 1.63 bits per heavy atom. The molecule has 0 aromatic heterocycles. The van der Waals surface area contributed by atoms with Gasteiger partial charge in [0.25, 0.3) is 0 Å². The van der Waals surface area contributed by atoms with E-state index < -0.39 is 42.5 Å². The molecular weight excluding hydrogens is 737 g/mol.